The molecule has 0 unspecified atom stereocenters. The highest BCUT2D eigenvalue weighted by atomic mass is 32.2. The number of hydrogen-bond acceptors (Lipinski definition) is 4. The fourth-order valence-electron chi connectivity index (χ4n) is 2.53. The van der Waals surface area contributed by atoms with Crippen LogP contribution in [0.2, 0.25) is 0 Å². The van der Waals surface area contributed by atoms with Crippen LogP contribution in [0.15, 0.2) is 0 Å². The number of esters is 1. The van der Waals surface area contributed by atoms with E-state index in [1.807, 2.05) is 6.92 Å². The van der Waals surface area contributed by atoms with E-state index in [1.54, 1.807) is 0 Å². The summed E-state index contributed by atoms with van der Waals surface area (Å²) in [5.41, 5.74) is 0. The summed E-state index contributed by atoms with van der Waals surface area (Å²) in [6.07, 6.45) is 5.82. The van der Waals surface area contributed by atoms with Crippen molar-refractivity contribution in [1.82, 2.24) is 9.03 Å². The first-order valence-corrected chi connectivity index (χ1v) is 8.61. The van der Waals surface area contributed by atoms with Gasteiger partial charge >= 0.3 is 5.97 Å². The average molecular weight is 306 g/mol. The van der Waals surface area contributed by atoms with Crippen molar-refractivity contribution in [1.29, 1.82) is 0 Å². The molecule has 1 aliphatic rings. The molecule has 0 spiro atoms. The second-order valence-electron chi connectivity index (χ2n) is 5.46. The molecule has 1 rings (SSSR count). The van der Waals surface area contributed by atoms with Gasteiger partial charge in [0.1, 0.15) is 0 Å². The first-order chi connectivity index (χ1) is 9.36. The van der Waals surface area contributed by atoms with Gasteiger partial charge in [-0.15, -0.1) is 0 Å². The molecule has 1 saturated carbocycles. The topological polar surface area (TPSA) is 75.7 Å². The molecule has 118 valence electrons. The highest BCUT2D eigenvalue weighted by Gasteiger charge is 2.26. The van der Waals surface area contributed by atoms with Gasteiger partial charge < -0.3 is 4.74 Å². The molecule has 0 saturated heterocycles. The third kappa shape index (κ3) is 5.38. The van der Waals surface area contributed by atoms with Crippen molar-refractivity contribution in [3.05, 3.63) is 0 Å². The average Bonchev–Trinajstić information content (AvgIpc) is 2.44. The van der Waals surface area contributed by atoms with E-state index in [-0.39, 0.29) is 19.0 Å². The van der Waals surface area contributed by atoms with Crippen LogP contribution in [0.5, 0.6) is 0 Å². The third-order valence-corrected chi connectivity index (χ3v) is 5.63. The van der Waals surface area contributed by atoms with Gasteiger partial charge in [-0.3, -0.25) is 4.79 Å². The second kappa shape index (κ2) is 7.95. The SMILES string of the molecule is COC(=O)CCN(C)S(=O)(=O)N[C@H](C)C1CCCCC1. The summed E-state index contributed by atoms with van der Waals surface area (Å²) >= 11 is 0. The fraction of sp³-hybridized carbons (Fsp3) is 0.923. The standard InChI is InChI=1S/C13H26N2O4S/c1-11(12-7-5-4-6-8-12)14-20(17,18)15(2)10-9-13(16)19-3/h11-12,14H,4-10H2,1-3H3/t11-/m1/s1. The lowest BCUT2D eigenvalue weighted by atomic mass is 9.85. The molecule has 0 aromatic carbocycles. The maximum absolute atomic E-state index is 12.1. The zero-order valence-corrected chi connectivity index (χ0v) is 13.4. The molecule has 1 atom stereocenters. The molecule has 0 aromatic rings. The van der Waals surface area contributed by atoms with Crippen molar-refractivity contribution in [2.75, 3.05) is 20.7 Å². The molecule has 0 heterocycles. The Balaban J connectivity index is 2.48. The second-order valence-corrected chi connectivity index (χ2v) is 7.27. The summed E-state index contributed by atoms with van der Waals surface area (Å²) in [5, 5.41) is 0. The van der Waals surface area contributed by atoms with E-state index < -0.39 is 16.2 Å². The summed E-state index contributed by atoms with van der Waals surface area (Å²) in [5.74, 6) is -0.0000823. The molecular formula is C13H26N2O4S. The lowest BCUT2D eigenvalue weighted by Gasteiger charge is -2.29. The number of hydrogen-bond donors (Lipinski definition) is 1. The highest BCUT2D eigenvalue weighted by molar-refractivity contribution is 7.87. The summed E-state index contributed by atoms with van der Waals surface area (Å²) in [7, 11) is -0.774. The molecule has 0 aromatic heterocycles. The number of methoxy groups -OCH3 is 1. The molecule has 0 bridgehead atoms. The van der Waals surface area contributed by atoms with Gasteiger partial charge in [-0.1, -0.05) is 19.3 Å². The quantitative estimate of drug-likeness (QED) is 0.719. The Morgan fingerprint density at radius 1 is 1.35 bits per heavy atom. The van der Waals surface area contributed by atoms with Gasteiger partial charge in [-0.2, -0.15) is 17.4 Å². The van der Waals surface area contributed by atoms with E-state index in [0.29, 0.717) is 5.92 Å². The molecule has 20 heavy (non-hydrogen) atoms. The predicted octanol–water partition coefficient (Wildman–Crippen LogP) is 1.28. The molecule has 7 heteroatoms. The van der Waals surface area contributed by atoms with E-state index >= 15 is 0 Å². The summed E-state index contributed by atoms with van der Waals surface area (Å²) in [6, 6.07) is -0.0686. The molecule has 0 radical (unpaired) electrons. The Bertz CT molecular complexity index is 405. The minimum atomic E-state index is -3.54. The molecular weight excluding hydrogens is 280 g/mol. The monoisotopic (exact) mass is 306 g/mol. The van der Waals surface area contributed by atoms with E-state index in [0.717, 1.165) is 12.8 Å². The molecule has 6 nitrogen and oxygen atoms in total. The smallest absolute Gasteiger partial charge is 0.306 e. The number of carbonyl (C=O) groups is 1. The van der Waals surface area contributed by atoms with Crippen LogP contribution in [0, 0.1) is 5.92 Å². The molecule has 1 N–H and O–H groups in total. The van der Waals surface area contributed by atoms with Gasteiger partial charge in [0.25, 0.3) is 10.2 Å². The Kier molecular flexibility index (Phi) is 6.91. The largest absolute Gasteiger partial charge is 0.469 e. The predicted molar refractivity (Wildman–Crippen MR) is 77.4 cm³/mol. The van der Waals surface area contributed by atoms with E-state index in [1.165, 1.54) is 37.7 Å². The summed E-state index contributed by atoms with van der Waals surface area (Å²) in [4.78, 5) is 11.0. The van der Waals surface area contributed by atoms with Crippen molar-refractivity contribution in [2.24, 2.45) is 5.92 Å². The number of nitrogens with zero attached hydrogens (tertiary/aromatic N) is 1. The molecule has 1 fully saturated rings. The van der Waals surface area contributed by atoms with Crippen molar-refractivity contribution in [3.8, 4) is 0 Å². The summed E-state index contributed by atoms with van der Waals surface area (Å²) < 4.78 is 32.7. The first kappa shape index (κ1) is 17.4. The van der Waals surface area contributed by atoms with Gasteiger partial charge in [-0.05, 0) is 25.7 Å². The fourth-order valence-corrected chi connectivity index (χ4v) is 3.70. The lowest BCUT2D eigenvalue weighted by Crippen LogP contribution is -2.46. The van der Waals surface area contributed by atoms with Crippen LogP contribution in [0.25, 0.3) is 0 Å². The molecule has 0 amide bonds. The number of carbonyl (C=O) groups excluding carboxylic acids is 1. The van der Waals surface area contributed by atoms with Crippen molar-refractivity contribution in [3.63, 3.8) is 0 Å². The molecule has 0 aliphatic heterocycles. The van der Waals surface area contributed by atoms with Gasteiger partial charge in [0.15, 0.2) is 0 Å². The van der Waals surface area contributed by atoms with Crippen LogP contribution < -0.4 is 4.72 Å². The van der Waals surface area contributed by atoms with Crippen molar-refractivity contribution < 1.29 is 17.9 Å². The van der Waals surface area contributed by atoms with Crippen molar-refractivity contribution in [2.45, 2.75) is 51.5 Å². The first-order valence-electron chi connectivity index (χ1n) is 7.17. The van der Waals surface area contributed by atoms with Gasteiger partial charge in [0, 0.05) is 19.6 Å². The van der Waals surface area contributed by atoms with Crippen LogP contribution in [-0.2, 0) is 19.7 Å². The van der Waals surface area contributed by atoms with E-state index in [4.69, 9.17) is 0 Å². The maximum Gasteiger partial charge on any atom is 0.306 e. The van der Waals surface area contributed by atoms with Gasteiger partial charge in [0.05, 0.1) is 13.5 Å². The van der Waals surface area contributed by atoms with Gasteiger partial charge in [-0.25, -0.2) is 0 Å². The Morgan fingerprint density at radius 2 is 1.95 bits per heavy atom. The van der Waals surface area contributed by atoms with E-state index in [9.17, 15) is 13.2 Å². The maximum atomic E-state index is 12.1. The normalized spacial score (nSPS) is 19.0. The zero-order chi connectivity index (χ0) is 15.2. The van der Waals surface area contributed by atoms with Crippen LogP contribution >= 0.6 is 0 Å². The minimum absolute atomic E-state index is 0.0612. The summed E-state index contributed by atoms with van der Waals surface area (Å²) in [6.45, 7) is 2.04. The van der Waals surface area contributed by atoms with Crippen LogP contribution in [-0.4, -0.2) is 45.4 Å². The number of ether oxygens (including phenoxy) is 1. The number of rotatable bonds is 7. The van der Waals surface area contributed by atoms with Crippen LogP contribution in [0.1, 0.15) is 45.4 Å². The minimum Gasteiger partial charge on any atom is -0.469 e. The Labute approximate surface area is 122 Å². The third-order valence-electron chi connectivity index (χ3n) is 3.96. The highest BCUT2D eigenvalue weighted by Crippen LogP contribution is 2.26. The lowest BCUT2D eigenvalue weighted by molar-refractivity contribution is -0.140. The van der Waals surface area contributed by atoms with Crippen LogP contribution in [0.4, 0.5) is 0 Å². The zero-order valence-electron chi connectivity index (χ0n) is 12.6. The Morgan fingerprint density at radius 3 is 2.50 bits per heavy atom. The van der Waals surface area contributed by atoms with E-state index in [2.05, 4.69) is 9.46 Å². The Hall–Kier alpha value is -0.660. The van der Waals surface area contributed by atoms with Gasteiger partial charge in [0.2, 0.25) is 0 Å². The van der Waals surface area contributed by atoms with Crippen molar-refractivity contribution >= 4 is 16.2 Å². The number of nitrogens with one attached hydrogen (secondary N) is 1. The molecule has 1 aliphatic carbocycles. The van der Waals surface area contributed by atoms with Crippen LogP contribution in [0.3, 0.4) is 0 Å².